The van der Waals surface area contributed by atoms with Crippen molar-refractivity contribution in [2.45, 2.75) is 6.18 Å². The average molecular weight is 214 g/mol. The maximum absolute atomic E-state index is 12.1. The topological polar surface area (TPSA) is 0 Å². The molecule has 0 aliphatic rings. The molecule has 0 unspecified atom stereocenters. The minimum Gasteiger partial charge on any atom is -0.166 e. The number of halogens is 5. The quantitative estimate of drug-likeness (QED) is 0.615. The van der Waals surface area contributed by atoms with Gasteiger partial charge >= 0.3 is 6.18 Å². The third-order valence-electron chi connectivity index (χ3n) is 1.17. The van der Waals surface area contributed by atoms with Crippen molar-refractivity contribution in [3.8, 4) is 0 Å². The summed E-state index contributed by atoms with van der Waals surface area (Å²) in [6.45, 7) is 0. The van der Waals surface area contributed by atoms with Crippen molar-refractivity contribution in [2.24, 2.45) is 0 Å². The van der Waals surface area contributed by atoms with Gasteiger partial charge in [-0.15, -0.1) is 0 Å². The smallest absolute Gasteiger partial charge is 0.166 e. The maximum Gasteiger partial charge on any atom is 0.418 e. The van der Waals surface area contributed by atoms with E-state index in [1.165, 1.54) is 6.07 Å². The molecule has 0 heterocycles. The molecule has 65 valence electrons. The van der Waals surface area contributed by atoms with Crippen LogP contribution in [0.1, 0.15) is 5.56 Å². The lowest BCUT2D eigenvalue weighted by atomic mass is 10.2. The van der Waals surface area contributed by atoms with Crippen LogP contribution in [0.5, 0.6) is 0 Å². The molecule has 1 radical (unpaired) electrons. The summed E-state index contributed by atoms with van der Waals surface area (Å²) in [5.41, 5.74) is -1.03. The Morgan fingerprint density at radius 2 is 1.83 bits per heavy atom. The van der Waals surface area contributed by atoms with Crippen LogP contribution in [0.15, 0.2) is 12.1 Å². The summed E-state index contributed by atoms with van der Waals surface area (Å²) in [7, 11) is 0. The summed E-state index contributed by atoms with van der Waals surface area (Å²) < 4.78 is 36.2. The molecule has 0 spiro atoms. The van der Waals surface area contributed by atoms with Gasteiger partial charge in [0.25, 0.3) is 0 Å². The molecule has 0 saturated heterocycles. The molecule has 0 aliphatic carbocycles. The molecule has 0 saturated carbocycles. The Morgan fingerprint density at radius 3 is 2.25 bits per heavy atom. The monoisotopic (exact) mass is 213 g/mol. The molecule has 1 aromatic carbocycles. The lowest BCUT2D eigenvalue weighted by molar-refractivity contribution is -0.137. The fourth-order valence-electron chi connectivity index (χ4n) is 0.660. The van der Waals surface area contributed by atoms with Crippen LogP contribution in [0.3, 0.4) is 0 Å². The van der Waals surface area contributed by atoms with Crippen LogP contribution in [0.25, 0.3) is 0 Å². The highest BCUT2D eigenvalue weighted by molar-refractivity contribution is 6.42. The first-order chi connectivity index (χ1) is 5.43. The zero-order chi connectivity index (χ0) is 9.35. The van der Waals surface area contributed by atoms with Crippen LogP contribution >= 0.6 is 23.2 Å². The van der Waals surface area contributed by atoms with Crippen molar-refractivity contribution < 1.29 is 13.2 Å². The van der Waals surface area contributed by atoms with Gasteiger partial charge in [0, 0.05) is 0 Å². The van der Waals surface area contributed by atoms with Gasteiger partial charge in [0.2, 0.25) is 0 Å². The van der Waals surface area contributed by atoms with Gasteiger partial charge in [0.15, 0.2) is 0 Å². The predicted octanol–water partition coefficient (Wildman–Crippen LogP) is 3.81. The normalized spacial score (nSPS) is 11.8. The maximum atomic E-state index is 12.1. The Morgan fingerprint density at radius 1 is 1.25 bits per heavy atom. The van der Waals surface area contributed by atoms with Crippen molar-refractivity contribution in [3.63, 3.8) is 0 Å². The van der Waals surface area contributed by atoms with Gasteiger partial charge < -0.3 is 0 Å². The van der Waals surface area contributed by atoms with Crippen LogP contribution in [0.4, 0.5) is 13.2 Å². The van der Waals surface area contributed by atoms with Crippen LogP contribution in [-0.4, -0.2) is 0 Å². The minimum absolute atomic E-state index is 0.122. The Kier molecular flexibility index (Phi) is 2.54. The fourth-order valence-corrected chi connectivity index (χ4v) is 1.04. The summed E-state index contributed by atoms with van der Waals surface area (Å²) in [5.74, 6) is 0. The predicted molar refractivity (Wildman–Crippen MR) is 40.3 cm³/mol. The second-order valence-electron chi connectivity index (χ2n) is 2.01. The minimum atomic E-state index is -4.50. The molecular formula is C7H2Cl2F3. The first-order valence-electron chi connectivity index (χ1n) is 2.86. The second-order valence-corrected chi connectivity index (χ2v) is 2.80. The standard InChI is InChI=1S/C7H2Cl2F3/c8-5-3-1-2-4(6(5)9)7(10,11)12/h1,3H. The molecule has 12 heavy (non-hydrogen) atoms. The molecule has 0 nitrogen and oxygen atoms in total. The van der Waals surface area contributed by atoms with Gasteiger partial charge in [0.05, 0.1) is 15.6 Å². The van der Waals surface area contributed by atoms with E-state index in [2.05, 4.69) is 0 Å². The highest BCUT2D eigenvalue weighted by atomic mass is 35.5. The van der Waals surface area contributed by atoms with Crippen molar-refractivity contribution in [3.05, 3.63) is 33.8 Å². The zero-order valence-electron chi connectivity index (χ0n) is 5.54. The number of alkyl halides is 3. The molecule has 0 aromatic heterocycles. The molecule has 1 aromatic rings. The highest BCUT2D eigenvalue weighted by Crippen LogP contribution is 2.37. The third kappa shape index (κ3) is 1.84. The summed E-state index contributed by atoms with van der Waals surface area (Å²) >= 11 is 10.7. The summed E-state index contributed by atoms with van der Waals surface area (Å²) in [6, 6.07) is 4.31. The Balaban J connectivity index is 3.26. The van der Waals surface area contributed by atoms with Gasteiger partial charge in [0.1, 0.15) is 0 Å². The van der Waals surface area contributed by atoms with Gasteiger partial charge in [-0.3, -0.25) is 0 Å². The fraction of sp³-hybridized carbons (Fsp3) is 0.143. The van der Waals surface area contributed by atoms with E-state index < -0.39 is 16.8 Å². The van der Waals surface area contributed by atoms with Crippen molar-refractivity contribution in [1.29, 1.82) is 0 Å². The second kappa shape index (κ2) is 3.15. The molecular weight excluding hydrogens is 212 g/mol. The number of rotatable bonds is 0. The third-order valence-corrected chi connectivity index (χ3v) is 1.97. The van der Waals surface area contributed by atoms with Crippen LogP contribution in [0.2, 0.25) is 10.0 Å². The number of hydrogen-bond donors (Lipinski definition) is 0. The molecule has 5 heteroatoms. The van der Waals surface area contributed by atoms with E-state index in [4.69, 9.17) is 23.2 Å². The molecule has 0 fully saturated rings. The van der Waals surface area contributed by atoms with Gasteiger partial charge in [-0.25, -0.2) is 0 Å². The Labute approximate surface area is 76.9 Å². The van der Waals surface area contributed by atoms with Crippen molar-refractivity contribution in [2.75, 3.05) is 0 Å². The first-order valence-corrected chi connectivity index (χ1v) is 3.61. The van der Waals surface area contributed by atoms with Crippen LogP contribution in [0, 0.1) is 6.07 Å². The van der Waals surface area contributed by atoms with Gasteiger partial charge in [-0.2, -0.15) is 13.2 Å². The van der Waals surface area contributed by atoms with E-state index in [-0.39, 0.29) is 5.02 Å². The number of hydrogen-bond acceptors (Lipinski definition) is 0. The summed E-state index contributed by atoms with van der Waals surface area (Å²) in [4.78, 5) is 0. The van der Waals surface area contributed by atoms with E-state index in [1.54, 1.807) is 0 Å². The molecule has 0 bridgehead atoms. The molecule has 0 N–H and O–H groups in total. The lowest BCUT2D eigenvalue weighted by Gasteiger charge is -2.08. The highest BCUT2D eigenvalue weighted by Gasteiger charge is 2.33. The van der Waals surface area contributed by atoms with Crippen molar-refractivity contribution in [1.82, 2.24) is 0 Å². The van der Waals surface area contributed by atoms with Crippen LogP contribution < -0.4 is 0 Å². The SMILES string of the molecule is FC(F)(F)c1[c]ccc(Cl)c1Cl. The molecule has 1 rings (SSSR count). The average Bonchev–Trinajstić information content (AvgIpc) is 1.92. The molecule has 0 aliphatic heterocycles. The van der Waals surface area contributed by atoms with Gasteiger partial charge in [-0.05, 0) is 12.1 Å². The molecule has 0 amide bonds. The Bertz CT molecular complexity index is 293. The van der Waals surface area contributed by atoms with E-state index in [9.17, 15) is 13.2 Å². The van der Waals surface area contributed by atoms with E-state index >= 15 is 0 Å². The molecule has 0 atom stereocenters. The Hall–Kier alpha value is -0.410. The van der Waals surface area contributed by atoms with E-state index in [0.717, 1.165) is 6.07 Å². The first kappa shape index (κ1) is 9.68. The lowest BCUT2D eigenvalue weighted by Crippen LogP contribution is -2.05. The van der Waals surface area contributed by atoms with Crippen LogP contribution in [-0.2, 0) is 6.18 Å². The summed E-state index contributed by atoms with van der Waals surface area (Å²) in [6.07, 6.45) is -4.50. The zero-order valence-corrected chi connectivity index (χ0v) is 7.06. The number of benzene rings is 1. The summed E-state index contributed by atoms with van der Waals surface area (Å²) in [5, 5.41) is -0.630. The largest absolute Gasteiger partial charge is 0.418 e. The van der Waals surface area contributed by atoms with E-state index in [1.807, 2.05) is 6.07 Å². The van der Waals surface area contributed by atoms with E-state index in [0.29, 0.717) is 0 Å². The van der Waals surface area contributed by atoms with Crippen molar-refractivity contribution >= 4 is 23.2 Å². The van der Waals surface area contributed by atoms with Gasteiger partial charge in [-0.1, -0.05) is 29.3 Å².